The van der Waals surface area contributed by atoms with Crippen molar-refractivity contribution in [2.24, 2.45) is 0 Å². The van der Waals surface area contributed by atoms with Crippen LogP contribution in [0.1, 0.15) is 6.92 Å². The van der Waals surface area contributed by atoms with E-state index < -0.39 is 36.8 Å². The second-order valence-electron chi connectivity index (χ2n) is 5.10. The van der Waals surface area contributed by atoms with Gasteiger partial charge in [0, 0.05) is 10.5 Å². The number of para-hydroxylation sites is 1. The minimum absolute atomic E-state index is 0.0197. The molecule has 26 heavy (non-hydrogen) atoms. The fourth-order valence-electron chi connectivity index (χ4n) is 2.23. The van der Waals surface area contributed by atoms with Crippen LogP contribution in [-0.2, 0) is 14.8 Å². The van der Waals surface area contributed by atoms with E-state index in [0.29, 0.717) is 8.78 Å². The average Bonchev–Trinajstić information content (AvgIpc) is 2.56. The van der Waals surface area contributed by atoms with Crippen molar-refractivity contribution in [3.8, 4) is 0 Å². The van der Waals surface area contributed by atoms with E-state index in [1.54, 1.807) is 0 Å². The third-order valence-electron chi connectivity index (χ3n) is 3.43. The molecule has 0 bridgehead atoms. The van der Waals surface area contributed by atoms with Crippen LogP contribution in [0.5, 0.6) is 0 Å². The zero-order valence-electron chi connectivity index (χ0n) is 13.1. The lowest BCUT2D eigenvalue weighted by Gasteiger charge is -2.29. The molecule has 0 heterocycles. The highest BCUT2D eigenvalue weighted by molar-refractivity contribution is 9.10. The van der Waals surface area contributed by atoms with Gasteiger partial charge in [0.2, 0.25) is 5.24 Å². The Kier molecular flexibility index (Phi) is 6.28. The van der Waals surface area contributed by atoms with Gasteiger partial charge in [0.25, 0.3) is 15.7 Å². The van der Waals surface area contributed by atoms with Crippen LogP contribution in [0.15, 0.2) is 51.8 Å². The first kappa shape index (κ1) is 20.6. The second kappa shape index (κ2) is 7.91. The average molecular weight is 482 g/mol. The summed E-state index contributed by atoms with van der Waals surface area (Å²) in [5.74, 6) is 0. The lowest BCUT2D eigenvalue weighted by Crippen LogP contribution is -2.42. The third-order valence-corrected chi connectivity index (χ3v) is 6.47. The van der Waals surface area contributed by atoms with Gasteiger partial charge >= 0.3 is 0 Å². The minimum Gasteiger partial charge on any atom is -0.279 e. The quantitative estimate of drug-likeness (QED) is 0.346. The van der Waals surface area contributed by atoms with Crippen molar-refractivity contribution in [1.82, 2.24) is 0 Å². The Balaban J connectivity index is 2.77. The number of benzene rings is 2. The molecule has 0 saturated heterocycles. The van der Waals surface area contributed by atoms with Gasteiger partial charge in [-0.25, -0.2) is 8.42 Å². The molecule has 1 atom stereocenters. The van der Waals surface area contributed by atoms with Crippen molar-refractivity contribution in [3.63, 3.8) is 0 Å². The Morgan fingerprint density at radius 3 is 2.42 bits per heavy atom. The van der Waals surface area contributed by atoms with Gasteiger partial charge in [-0.1, -0.05) is 39.7 Å². The molecule has 0 aliphatic rings. The molecule has 0 aliphatic carbocycles. The summed E-state index contributed by atoms with van der Waals surface area (Å²) in [6.07, 6.45) is 0. The van der Waals surface area contributed by atoms with Gasteiger partial charge in [-0.2, -0.15) is 0 Å². The molecule has 0 aliphatic heterocycles. The summed E-state index contributed by atoms with van der Waals surface area (Å²) >= 11 is 14.9. The van der Waals surface area contributed by atoms with E-state index in [-0.39, 0.29) is 10.7 Å². The van der Waals surface area contributed by atoms with Gasteiger partial charge in [-0.05, 0) is 42.8 Å². The number of halogens is 3. The molecule has 2 aromatic carbocycles. The van der Waals surface area contributed by atoms with Gasteiger partial charge < -0.3 is 0 Å². The molecule has 1 unspecified atom stereocenters. The zero-order chi connectivity index (χ0) is 19.6. The molecule has 2 rings (SSSR count). The summed E-state index contributed by atoms with van der Waals surface area (Å²) in [6, 6.07) is 7.80. The summed E-state index contributed by atoms with van der Waals surface area (Å²) in [5.41, 5.74) is -0.658. The number of nitro benzene ring substituents is 1. The summed E-state index contributed by atoms with van der Waals surface area (Å²) in [4.78, 5) is 21.6. The van der Waals surface area contributed by atoms with E-state index in [2.05, 4.69) is 15.9 Å². The number of carbonyl (C=O) groups is 1. The predicted molar refractivity (Wildman–Crippen MR) is 102 cm³/mol. The summed E-state index contributed by atoms with van der Waals surface area (Å²) in [7, 11) is -4.52. The summed E-state index contributed by atoms with van der Waals surface area (Å²) in [6.45, 7) is 1.26. The van der Waals surface area contributed by atoms with Crippen molar-refractivity contribution in [3.05, 3.63) is 62.1 Å². The SMILES string of the molecule is CC(C(=O)Cl)N(c1ccc(Br)cc1Cl)S(=O)(=O)c1ccccc1[N+](=O)[O-]. The number of rotatable bonds is 6. The number of carbonyl (C=O) groups excluding carboxylic acids is 1. The number of hydrogen-bond acceptors (Lipinski definition) is 5. The first-order valence-corrected chi connectivity index (χ1v) is 9.98. The van der Waals surface area contributed by atoms with Crippen molar-refractivity contribution in [2.45, 2.75) is 17.9 Å². The molecule has 0 spiro atoms. The molecular weight excluding hydrogens is 471 g/mol. The maximum Gasteiger partial charge on any atom is 0.289 e. The fourth-order valence-corrected chi connectivity index (χ4v) is 5.00. The van der Waals surface area contributed by atoms with Gasteiger partial charge in [0.05, 0.1) is 15.6 Å². The van der Waals surface area contributed by atoms with Crippen LogP contribution in [0.2, 0.25) is 5.02 Å². The molecule has 2 aromatic rings. The Morgan fingerprint density at radius 2 is 1.88 bits per heavy atom. The van der Waals surface area contributed by atoms with Gasteiger partial charge in [0.15, 0.2) is 4.90 Å². The molecular formula is C15H11BrCl2N2O5S. The molecule has 0 amide bonds. The first-order chi connectivity index (χ1) is 12.1. The van der Waals surface area contributed by atoms with Crippen LogP contribution >= 0.6 is 39.1 Å². The highest BCUT2D eigenvalue weighted by Gasteiger charge is 2.37. The van der Waals surface area contributed by atoms with E-state index >= 15 is 0 Å². The van der Waals surface area contributed by atoms with Crippen LogP contribution < -0.4 is 4.31 Å². The maximum absolute atomic E-state index is 13.2. The fraction of sp³-hybridized carbons (Fsp3) is 0.133. The molecule has 0 saturated carbocycles. The highest BCUT2D eigenvalue weighted by atomic mass is 79.9. The Hall–Kier alpha value is -1.68. The Morgan fingerprint density at radius 1 is 1.27 bits per heavy atom. The zero-order valence-corrected chi connectivity index (χ0v) is 17.0. The van der Waals surface area contributed by atoms with E-state index in [1.165, 1.54) is 37.3 Å². The molecule has 0 fully saturated rings. The lowest BCUT2D eigenvalue weighted by atomic mass is 10.3. The monoisotopic (exact) mass is 480 g/mol. The van der Waals surface area contributed by atoms with Crippen LogP contribution in [0.25, 0.3) is 0 Å². The molecule has 0 radical (unpaired) electrons. The first-order valence-electron chi connectivity index (χ1n) is 6.99. The van der Waals surface area contributed by atoms with Crippen molar-refractivity contribution in [2.75, 3.05) is 4.31 Å². The predicted octanol–water partition coefficient (Wildman–Crippen LogP) is 4.36. The van der Waals surface area contributed by atoms with Crippen molar-refractivity contribution >= 4 is 65.8 Å². The normalized spacial score (nSPS) is 12.5. The van der Waals surface area contributed by atoms with Crippen molar-refractivity contribution < 1.29 is 18.1 Å². The van der Waals surface area contributed by atoms with Crippen LogP contribution in [0.3, 0.4) is 0 Å². The van der Waals surface area contributed by atoms with Crippen LogP contribution in [0, 0.1) is 10.1 Å². The smallest absolute Gasteiger partial charge is 0.279 e. The largest absolute Gasteiger partial charge is 0.289 e. The lowest BCUT2D eigenvalue weighted by molar-refractivity contribution is -0.387. The molecule has 138 valence electrons. The molecule has 0 aromatic heterocycles. The highest BCUT2D eigenvalue weighted by Crippen LogP contribution is 2.36. The van der Waals surface area contributed by atoms with E-state index in [4.69, 9.17) is 23.2 Å². The molecule has 7 nitrogen and oxygen atoms in total. The third kappa shape index (κ3) is 4.01. The summed E-state index contributed by atoms with van der Waals surface area (Å²) < 4.78 is 27.6. The van der Waals surface area contributed by atoms with E-state index in [1.807, 2.05) is 0 Å². The van der Waals surface area contributed by atoms with Crippen LogP contribution in [-0.4, -0.2) is 24.6 Å². The Bertz CT molecular complexity index is 984. The standard InChI is InChI=1S/C15H11BrCl2N2O5S/c1-9(15(18)21)19(12-7-6-10(16)8-11(12)17)26(24,25)14-5-3-2-4-13(14)20(22)23/h2-9H,1H3. The molecule has 11 heteroatoms. The topological polar surface area (TPSA) is 97.6 Å². The van der Waals surface area contributed by atoms with Gasteiger partial charge in [0.1, 0.15) is 6.04 Å². The van der Waals surface area contributed by atoms with E-state index in [9.17, 15) is 23.3 Å². The summed E-state index contributed by atoms with van der Waals surface area (Å²) in [5, 5.41) is 10.3. The van der Waals surface area contributed by atoms with Gasteiger partial charge in [-0.3, -0.25) is 19.2 Å². The maximum atomic E-state index is 13.2. The Labute approximate surface area is 167 Å². The minimum atomic E-state index is -4.52. The number of hydrogen-bond donors (Lipinski definition) is 0. The van der Waals surface area contributed by atoms with Crippen molar-refractivity contribution in [1.29, 1.82) is 0 Å². The number of nitrogens with zero attached hydrogens (tertiary/aromatic N) is 2. The second-order valence-corrected chi connectivity index (χ2v) is 8.58. The number of sulfonamides is 1. The van der Waals surface area contributed by atoms with Crippen LogP contribution in [0.4, 0.5) is 11.4 Å². The van der Waals surface area contributed by atoms with E-state index in [0.717, 1.165) is 12.1 Å². The van der Waals surface area contributed by atoms with Gasteiger partial charge in [-0.15, -0.1) is 0 Å². The molecule has 0 N–H and O–H groups in total. The number of nitro groups is 1. The number of anilines is 1.